The molecule has 0 unspecified atom stereocenters. The number of aromatic nitrogens is 5. The maximum Gasteiger partial charge on any atom is 0.251 e. The molecule has 3 aromatic heterocycles. The Morgan fingerprint density at radius 2 is 2.19 bits per heavy atom. The van der Waals surface area contributed by atoms with E-state index in [1.165, 1.54) is 23.3 Å². The minimum absolute atomic E-state index is 0.247. The molecule has 0 spiro atoms. The van der Waals surface area contributed by atoms with Crippen LogP contribution in [0.25, 0.3) is 22.6 Å². The number of halogens is 1. The molecule has 0 saturated carbocycles. The van der Waals surface area contributed by atoms with E-state index in [4.69, 9.17) is 20.5 Å². The number of nitrogens with zero attached hydrogens (tertiary/aromatic N) is 5. The molecule has 1 saturated heterocycles. The number of fused-ring (bicyclic) bond motifs is 1. The van der Waals surface area contributed by atoms with Gasteiger partial charge >= 0.3 is 0 Å². The topological polar surface area (TPSA) is 147 Å². The zero-order chi connectivity index (χ0) is 24.6. The third-order valence-electron chi connectivity index (χ3n) is 4.82. The number of aliphatic hydroxyl groups excluding tert-OH is 2. The number of hydrogen-bond donors (Lipinski definition) is 4. The summed E-state index contributed by atoms with van der Waals surface area (Å²) in [5, 5.41) is 26.3. The first-order chi connectivity index (χ1) is 16.1. The van der Waals surface area contributed by atoms with Gasteiger partial charge in [0, 0.05) is 35.6 Å². The van der Waals surface area contributed by atoms with Crippen LogP contribution < -0.4 is 10.6 Å². The second-order valence-electron chi connectivity index (χ2n) is 6.96. The number of rotatable bonds is 6. The molecule has 3 aromatic rings. The maximum absolute atomic E-state index is 12.3. The minimum atomic E-state index is -2.78. The number of imidazole rings is 1. The number of carbonyl (C=O) groups is 1. The van der Waals surface area contributed by atoms with Crippen molar-refractivity contribution >= 4 is 34.5 Å². The molecule has 31 heavy (non-hydrogen) atoms. The molecule has 0 aromatic carbocycles. The van der Waals surface area contributed by atoms with Gasteiger partial charge in [-0.3, -0.25) is 14.3 Å². The van der Waals surface area contributed by atoms with E-state index in [1.807, 2.05) is 6.92 Å². The smallest absolute Gasteiger partial charge is 0.251 e. The molecule has 1 aliphatic rings. The zero-order valence-electron chi connectivity index (χ0n) is 19.4. The molecular weight excluding hydrogens is 426 g/mol. The Morgan fingerprint density at radius 3 is 2.94 bits per heavy atom. The van der Waals surface area contributed by atoms with Gasteiger partial charge in [-0.1, -0.05) is 18.5 Å². The summed E-state index contributed by atoms with van der Waals surface area (Å²) >= 11 is 6.07. The van der Waals surface area contributed by atoms with E-state index in [0.717, 1.165) is 6.42 Å². The van der Waals surface area contributed by atoms with Gasteiger partial charge in [-0.15, -0.1) is 0 Å². The standard InChI is InChI=1S/C19H22ClN7O4/c1-3-4-23-16-11-17(26-15(25-16)9-5-10(20)7-22-6-9)27(8-24-11)19-13(29)12(28)14(31-19)18(30)21-2/h5-8,12-14,19,28-29H,3-4H2,1-2H3,(H,21,30)(H,23,25,26)/t12-,13+,14-,19+/m0/s1/i2D3. The van der Waals surface area contributed by atoms with Crippen molar-refractivity contribution in [3.63, 3.8) is 0 Å². The summed E-state index contributed by atoms with van der Waals surface area (Å²) in [6.45, 7) is -0.191. The van der Waals surface area contributed by atoms with Crippen LogP contribution >= 0.6 is 11.6 Å². The Labute approximate surface area is 186 Å². The average Bonchev–Trinajstić information content (AvgIpc) is 3.32. The number of anilines is 1. The summed E-state index contributed by atoms with van der Waals surface area (Å²) in [4.78, 5) is 29.7. The largest absolute Gasteiger partial charge is 0.387 e. The fourth-order valence-electron chi connectivity index (χ4n) is 3.31. The van der Waals surface area contributed by atoms with Crippen molar-refractivity contribution in [2.24, 2.45) is 0 Å². The summed E-state index contributed by atoms with van der Waals surface area (Å²) in [7, 11) is 0. The normalized spacial score (nSPS) is 25.1. The molecule has 164 valence electrons. The van der Waals surface area contributed by atoms with Gasteiger partial charge in [0.15, 0.2) is 35.1 Å². The van der Waals surface area contributed by atoms with Crippen LogP contribution in [0.1, 0.15) is 23.7 Å². The predicted molar refractivity (Wildman–Crippen MR) is 112 cm³/mol. The van der Waals surface area contributed by atoms with E-state index in [1.54, 1.807) is 11.4 Å². The lowest BCUT2D eigenvalue weighted by Crippen LogP contribution is -2.41. The first kappa shape index (κ1) is 17.8. The monoisotopic (exact) mass is 450 g/mol. The molecule has 4 heterocycles. The number of hydrogen-bond acceptors (Lipinski definition) is 9. The third kappa shape index (κ3) is 3.92. The van der Waals surface area contributed by atoms with E-state index in [2.05, 4.69) is 25.3 Å². The van der Waals surface area contributed by atoms with Crippen LogP contribution in [0.5, 0.6) is 0 Å². The third-order valence-corrected chi connectivity index (χ3v) is 5.03. The molecule has 12 heteroatoms. The molecule has 4 atom stereocenters. The van der Waals surface area contributed by atoms with E-state index < -0.39 is 37.4 Å². The summed E-state index contributed by atoms with van der Waals surface area (Å²) in [5.41, 5.74) is 1.15. The second-order valence-corrected chi connectivity index (χ2v) is 7.39. The molecule has 1 fully saturated rings. The highest BCUT2D eigenvalue weighted by Crippen LogP contribution is 2.33. The van der Waals surface area contributed by atoms with Crippen molar-refractivity contribution in [3.8, 4) is 11.4 Å². The van der Waals surface area contributed by atoms with Crippen molar-refractivity contribution < 1.29 is 23.9 Å². The molecule has 11 nitrogen and oxygen atoms in total. The fraction of sp³-hybridized carbons (Fsp3) is 0.421. The van der Waals surface area contributed by atoms with Gasteiger partial charge in [-0.25, -0.2) is 15.0 Å². The number of carbonyl (C=O) groups excluding carboxylic acids is 1. The van der Waals surface area contributed by atoms with E-state index >= 15 is 0 Å². The summed E-state index contributed by atoms with van der Waals surface area (Å²) in [6, 6.07) is 1.64. The van der Waals surface area contributed by atoms with Gasteiger partial charge in [0.2, 0.25) is 0 Å². The first-order valence-corrected chi connectivity index (χ1v) is 9.90. The molecule has 1 aliphatic heterocycles. The number of amides is 1. The maximum atomic E-state index is 12.3. The Bertz CT molecular complexity index is 1210. The van der Waals surface area contributed by atoms with Crippen molar-refractivity contribution in [2.75, 3.05) is 18.8 Å². The molecule has 4 rings (SSSR count). The summed E-state index contributed by atoms with van der Waals surface area (Å²) < 4.78 is 28.5. The van der Waals surface area contributed by atoms with Gasteiger partial charge in [0.25, 0.3) is 5.91 Å². The molecule has 4 N–H and O–H groups in total. The quantitative estimate of drug-likeness (QED) is 0.426. The van der Waals surface area contributed by atoms with Crippen molar-refractivity contribution in [3.05, 3.63) is 29.8 Å². The number of aliphatic hydroxyl groups is 2. The lowest BCUT2D eigenvalue weighted by molar-refractivity contribution is -0.137. The number of ether oxygens (including phenoxy) is 1. The SMILES string of the molecule is [2H]C([2H])([2H])NC(=O)[C@H]1O[C@@H](n2cnc3c(NCCC)nc(-c4cncc(Cl)c4)nc32)[C@H](O)[C@@H]1O. The van der Waals surface area contributed by atoms with Crippen LogP contribution in [0.4, 0.5) is 5.82 Å². The molecular formula is C19H22ClN7O4. The van der Waals surface area contributed by atoms with Crippen LogP contribution in [-0.2, 0) is 9.53 Å². The van der Waals surface area contributed by atoms with Gasteiger partial charge in [-0.05, 0) is 12.5 Å². The van der Waals surface area contributed by atoms with Crippen LogP contribution in [0.3, 0.4) is 0 Å². The second kappa shape index (κ2) is 8.71. The van der Waals surface area contributed by atoms with E-state index in [9.17, 15) is 15.0 Å². The average molecular weight is 451 g/mol. The van der Waals surface area contributed by atoms with Crippen LogP contribution in [0.15, 0.2) is 24.8 Å². The fourth-order valence-corrected chi connectivity index (χ4v) is 3.48. The summed E-state index contributed by atoms with van der Waals surface area (Å²) in [5.74, 6) is -0.387. The van der Waals surface area contributed by atoms with Gasteiger partial charge in [-0.2, -0.15) is 0 Å². The predicted octanol–water partition coefficient (Wildman–Crippen LogP) is 0.729. The summed E-state index contributed by atoms with van der Waals surface area (Å²) in [6.07, 6.45) is -0.974. The minimum Gasteiger partial charge on any atom is -0.387 e. The highest BCUT2D eigenvalue weighted by atomic mass is 35.5. The number of pyridine rings is 1. The molecule has 0 bridgehead atoms. The Balaban J connectivity index is 1.75. The highest BCUT2D eigenvalue weighted by Gasteiger charge is 2.47. The first-order valence-electron chi connectivity index (χ1n) is 11.0. The van der Waals surface area contributed by atoms with E-state index in [0.29, 0.717) is 28.5 Å². The zero-order valence-corrected chi connectivity index (χ0v) is 17.1. The Kier molecular flexibility index (Phi) is 5.00. The van der Waals surface area contributed by atoms with Crippen molar-refractivity contribution in [2.45, 2.75) is 37.9 Å². The van der Waals surface area contributed by atoms with Crippen LogP contribution in [0.2, 0.25) is 5.02 Å². The Morgan fingerprint density at radius 1 is 1.35 bits per heavy atom. The van der Waals surface area contributed by atoms with Gasteiger partial charge in [0.05, 0.1) is 11.3 Å². The van der Waals surface area contributed by atoms with Crippen LogP contribution in [0, 0.1) is 0 Å². The molecule has 1 amide bonds. The molecule has 0 radical (unpaired) electrons. The number of nitrogens with one attached hydrogen (secondary N) is 2. The lowest BCUT2D eigenvalue weighted by Gasteiger charge is -2.17. The van der Waals surface area contributed by atoms with Crippen LogP contribution in [-0.4, -0.2) is 72.5 Å². The molecule has 0 aliphatic carbocycles. The van der Waals surface area contributed by atoms with Gasteiger partial charge in [0.1, 0.15) is 12.2 Å². The van der Waals surface area contributed by atoms with Crippen molar-refractivity contribution in [1.29, 1.82) is 0 Å². The van der Waals surface area contributed by atoms with Crippen molar-refractivity contribution in [1.82, 2.24) is 29.8 Å². The Hall–Kier alpha value is -2.86. The van der Waals surface area contributed by atoms with E-state index in [-0.39, 0.29) is 11.5 Å². The number of likely N-dealkylation sites (N-methyl/N-ethyl adjacent to an activating group) is 1. The highest BCUT2D eigenvalue weighted by molar-refractivity contribution is 6.30. The van der Waals surface area contributed by atoms with Gasteiger partial charge < -0.3 is 25.6 Å². The lowest BCUT2D eigenvalue weighted by atomic mass is 10.1.